The maximum atomic E-state index is 6.02. The van der Waals surface area contributed by atoms with E-state index in [1.807, 2.05) is 12.1 Å². The Bertz CT molecular complexity index is 562. The van der Waals surface area contributed by atoms with Crippen LogP contribution in [0.15, 0.2) is 23.6 Å². The van der Waals surface area contributed by atoms with Gasteiger partial charge in [-0.3, -0.25) is 0 Å². The third-order valence-electron chi connectivity index (χ3n) is 3.47. The maximum absolute atomic E-state index is 6.02. The lowest BCUT2D eigenvalue weighted by atomic mass is 9.98. The number of fused-ring (bicyclic) bond motifs is 1. The van der Waals surface area contributed by atoms with Crippen molar-refractivity contribution in [2.45, 2.75) is 26.3 Å². The highest BCUT2D eigenvalue weighted by Crippen LogP contribution is 2.29. The number of nitrogen functional groups attached to an aromatic ring is 1. The topological polar surface area (TPSA) is 42.1 Å². The van der Waals surface area contributed by atoms with Gasteiger partial charge in [0, 0.05) is 24.2 Å². The number of hydrogen-bond acceptors (Lipinski definition) is 4. The molecule has 1 aromatic carbocycles. The predicted octanol–water partition coefficient (Wildman–Crippen LogP) is 2.85. The molecule has 0 atom stereocenters. The molecule has 94 valence electrons. The molecule has 0 spiro atoms. The Morgan fingerprint density at radius 1 is 1.44 bits per heavy atom. The summed E-state index contributed by atoms with van der Waals surface area (Å²) >= 11 is 1.74. The Morgan fingerprint density at radius 3 is 3.11 bits per heavy atom. The third kappa shape index (κ3) is 1.97. The highest BCUT2D eigenvalue weighted by Gasteiger charge is 2.19. The minimum atomic E-state index is 0.928. The van der Waals surface area contributed by atoms with Crippen LogP contribution in [0.3, 0.4) is 0 Å². The van der Waals surface area contributed by atoms with Crippen molar-refractivity contribution in [2.75, 3.05) is 17.2 Å². The van der Waals surface area contributed by atoms with Crippen molar-refractivity contribution in [2.24, 2.45) is 0 Å². The summed E-state index contributed by atoms with van der Waals surface area (Å²) in [5, 5.41) is 3.30. The molecule has 0 unspecified atom stereocenters. The van der Waals surface area contributed by atoms with Crippen molar-refractivity contribution >= 4 is 22.2 Å². The van der Waals surface area contributed by atoms with E-state index in [0.717, 1.165) is 36.8 Å². The summed E-state index contributed by atoms with van der Waals surface area (Å²) < 4.78 is 0. The van der Waals surface area contributed by atoms with Gasteiger partial charge in [-0.05, 0) is 30.0 Å². The van der Waals surface area contributed by atoms with Crippen LogP contribution in [0.4, 0.5) is 10.8 Å². The molecule has 4 heteroatoms. The zero-order valence-corrected chi connectivity index (χ0v) is 11.3. The maximum Gasteiger partial charge on any atom is 0.185 e. The van der Waals surface area contributed by atoms with Gasteiger partial charge in [0.25, 0.3) is 0 Å². The summed E-state index contributed by atoms with van der Waals surface area (Å²) in [4.78, 5) is 7.01. The fraction of sp³-hybridized carbons (Fsp3) is 0.357. The van der Waals surface area contributed by atoms with Gasteiger partial charge in [-0.1, -0.05) is 19.1 Å². The molecule has 1 aliphatic heterocycles. The summed E-state index contributed by atoms with van der Waals surface area (Å²) in [7, 11) is 0. The second-order valence-electron chi connectivity index (χ2n) is 4.63. The number of thiazole rings is 1. The van der Waals surface area contributed by atoms with Gasteiger partial charge in [0.1, 0.15) is 0 Å². The molecule has 0 bridgehead atoms. The lowest BCUT2D eigenvalue weighted by Gasteiger charge is -2.29. The highest BCUT2D eigenvalue weighted by atomic mass is 32.1. The van der Waals surface area contributed by atoms with E-state index in [9.17, 15) is 0 Å². The Morgan fingerprint density at radius 2 is 2.33 bits per heavy atom. The molecule has 0 radical (unpaired) electrons. The first-order valence-electron chi connectivity index (χ1n) is 6.33. The van der Waals surface area contributed by atoms with Crippen LogP contribution < -0.4 is 10.6 Å². The molecule has 0 aliphatic carbocycles. The van der Waals surface area contributed by atoms with Crippen molar-refractivity contribution in [3.8, 4) is 0 Å². The molecule has 1 aliphatic rings. The molecular weight excluding hydrogens is 242 g/mol. The highest BCUT2D eigenvalue weighted by molar-refractivity contribution is 7.13. The lowest BCUT2D eigenvalue weighted by molar-refractivity contribution is 0.728. The molecule has 0 saturated heterocycles. The van der Waals surface area contributed by atoms with Crippen LogP contribution in [0.1, 0.15) is 23.7 Å². The van der Waals surface area contributed by atoms with E-state index in [2.05, 4.69) is 28.3 Å². The molecule has 0 amide bonds. The molecule has 0 fully saturated rings. The van der Waals surface area contributed by atoms with Crippen LogP contribution >= 0.6 is 11.3 Å². The Kier molecular flexibility index (Phi) is 2.96. The molecule has 3 nitrogen and oxygen atoms in total. The number of benzene rings is 1. The van der Waals surface area contributed by atoms with Crippen molar-refractivity contribution in [1.29, 1.82) is 0 Å². The zero-order chi connectivity index (χ0) is 12.5. The largest absolute Gasteiger partial charge is 0.398 e. The summed E-state index contributed by atoms with van der Waals surface area (Å²) in [6.07, 6.45) is 2.02. The number of anilines is 2. The van der Waals surface area contributed by atoms with E-state index in [4.69, 9.17) is 5.73 Å². The van der Waals surface area contributed by atoms with E-state index in [1.54, 1.807) is 11.3 Å². The standard InChI is InChI=1S/C14H17N3S/c1-2-11-9-18-14(16-11)17-7-6-12-10(8-17)4-3-5-13(12)15/h3-5,9H,2,6-8,15H2,1H3. The molecule has 2 aromatic rings. The summed E-state index contributed by atoms with van der Waals surface area (Å²) in [5.41, 5.74) is 10.8. The molecule has 3 rings (SSSR count). The Hall–Kier alpha value is -1.55. The van der Waals surface area contributed by atoms with E-state index >= 15 is 0 Å². The normalized spacial score (nSPS) is 14.6. The van der Waals surface area contributed by atoms with Gasteiger partial charge < -0.3 is 10.6 Å². The van der Waals surface area contributed by atoms with Crippen molar-refractivity contribution in [3.63, 3.8) is 0 Å². The molecule has 2 N–H and O–H groups in total. The number of hydrogen-bond donors (Lipinski definition) is 1. The Labute approximate surface area is 111 Å². The Balaban J connectivity index is 1.86. The van der Waals surface area contributed by atoms with Crippen LogP contribution in [-0.4, -0.2) is 11.5 Å². The van der Waals surface area contributed by atoms with Gasteiger partial charge >= 0.3 is 0 Å². The fourth-order valence-electron chi connectivity index (χ4n) is 2.41. The predicted molar refractivity (Wildman–Crippen MR) is 77.1 cm³/mol. The average Bonchev–Trinajstić information content (AvgIpc) is 2.87. The quantitative estimate of drug-likeness (QED) is 0.843. The first-order chi connectivity index (χ1) is 8.78. The molecule has 1 aromatic heterocycles. The minimum absolute atomic E-state index is 0.928. The first kappa shape index (κ1) is 11.5. The molecule has 2 heterocycles. The van der Waals surface area contributed by atoms with Crippen LogP contribution in [0.5, 0.6) is 0 Å². The monoisotopic (exact) mass is 259 g/mol. The van der Waals surface area contributed by atoms with E-state index in [0.29, 0.717) is 0 Å². The number of aromatic nitrogens is 1. The van der Waals surface area contributed by atoms with E-state index < -0.39 is 0 Å². The number of aryl methyl sites for hydroxylation is 1. The van der Waals surface area contributed by atoms with Crippen molar-refractivity contribution < 1.29 is 0 Å². The zero-order valence-electron chi connectivity index (χ0n) is 10.5. The summed E-state index contributed by atoms with van der Waals surface area (Å²) in [6.45, 7) is 4.08. The van der Waals surface area contributed by atoms with Gasteiger partial charge in [0.2, 0.25) is 0 Å². The van der Waals surface area contributed by atoms with Crippen LogP contribution in [0, 0.1) is 0 Å². The summed E-state index contributed by atoms with van der Waals surface area (Å²) in [6, 6.07) is 6.20. The van der Waals surface area contributed by atoms with Gasteiger partial charge in [-0.25, -0.2) is 4.98 Å². The number of nitrogens with two attached hydrogens (primary N) is 1. The van der Waals surface area contributed by atoms with E-state index in [1.165, 1.54) is 16.8 Å². The summed E-state index contributed by atoms with van der Waals surface area (Å²) in [5.74, 6) is 0. The smallest absolute Gasteiger partial charge is 0.185 e. The first-order valence-corrected chi connectivity index (χ1v) is 7.21. The van der Waals surface area contributed by atoms with Gasteiger partial charge in [-0.15, -0.1) is 11.3 Å². The van der Waals surface area contributed by atoms with E-state index in [-0.39, 0.29) is 0 Å². The van der Waals surface area contributed by atoms with Crippen LogP contribution in [0.2, 0.25) is 0 Å². The fourth-order valence-corrected chi connectivity index (χ4v) is 3.34. The minimum Gasteiger partial charge on any atom is -0.398 e. The molecule has 18 heavy (non-hydrogen) atoms. The third-order valence-corrected chi connectivity index (χ3v) is 4.42. The molecular formula is C14H17N3S. The van der Waals surface area contributed by atoms with Gasteiger partial charge in [0.15, 0.2) is 5.13 Å². The SMILES string of the molecule is CCc1csc(N2CCc3c(N)cccc3C2)n1. The second-order valence-corrected chi connectivity index (χ2v) is 5.47. The molecule has 0 saturated carbocycles. The number of rotatable bonds is 2. The van der Waals surface area contributed by atoms with Crippen molar-refractivity contribution in [1.82, 2.24) is 4.98 Å². The average molecular weight is 259 g/mol. The van der Waals surface area contributed by atoms with Crippen LogP contribution in [-0.2, 0) is 19.4 Å². The van der Waals surface area contributed by atoms with Gasteiger partial charge in [0.05, 0.1) is 5.69 Å². The second kappa shape index (κ2) is 4.61. The van der Waals surface area contributed by atoms with Gasteiger partial charge in [-0.2, -0.15) is 0 Å². The van der Waals surface area contributed by atoms with Crippen LogP contribution in [0.25, 0.3) is 0 Å². The van der Waals surface area contributed by atoms with Crippen molar-refractivity contribution in [3.05, 3.63) is 40.4 Å². The lowest BCUT2D eigenvalue weighted by Crippen LogP contribution is -2.30. The number of nitrogens with zero attached hydrogens (tertiary/aromatic N) is 2.